The van der Waals surface area contributed by atoms with Gasteiger partial charge in [-0.15, -0.1) is 0 Å². The van der Waals surface area contributed by atoms with Gasteiger partial charge in [0, 0.05) is 13.1 Å². The highest BCUT2D eigenvalue weighted by molar-refractivity contribution is 6.40. The lowest BCUT2D eigenvalue weighted by molar-refractivity contribution is 0.254. The number of nitrogens with zero attached hydrogens (tertiary/aromatic N) is 1. The van der Waals surface area contributed by atoms with Crippen LogP contribution in [0.5, 0.6) is 0 Å². The van der Waals surface area contributed by atoms with Gasteiger partial charge in [0.1, 0.15) is 7.28 Å². The molecule has 0 aromatic carbocycles. The van der Waals surface area contributed by atoms with E-state index in [-0.39, 0.29) is 0 Å². The summed E-state index contributed by atoms with van der Waals surface area (Å²) in [7, 11) is 1.46. The zero-order valence-corrected chi connectivity index (χ0v) is 7.18. The molecule has 0 unspecified atom stereocenters. The second-order valence-electron chi connectivity index (χ2n) is 4.24. The van der Waals surface area contributed by atoms with E-state index in [9.17, 15) is 0 Å². The van der Waals surface area contributed by atoms with Crippen LogP contribution in [0.4, 0.5) is 0 Å². The smallest absolute Gasteiger partial charge is 0.121 e. The molecule has 0 aliphatic carbocycles. The minimum atomic E-state index is 0.744. The lowest BCUT2D eigenvalue weighted by Crippen LogP contribution is -2.36. The summed E-state index contributed by atoms with van der Waals surface area (Å²) in [6, 6.07) is 0. The third-order valence-corrected chi connectivity index (χ3v) is 3.50. The fraction of sp³-hybridized carbons (Fsp3) is 1.00. The third-order valence-electron chi connectivity index (χ3n) is 3.50. The Kier molecular flexibility index (Phi) is 1.94. The second-order valence-corrected chi connectivity index (χ2v) is 4.24. The number of nitrogens with two attached hydrogens (primary N) is 1. The van der Waals surface area contributed by atoms with Gasteiger partial charge in [0.05, 0.1) is 0 Å². The first-order valence-corrected chi connectivity index (χ1v) is 4.80. The van der Waals surface area contributed by atoms with Gasteiger partial charge in [-0.1, -0.05) is 12.6 Å². The molecule has 0 bridgehead atoms. The van der Waals surface area contributed by atoms with E-state index in [1.807, 2.05) is 5.01 Å². The maximum atomic E-state index is 5.77. The Labute approximate surface area is 69.3 Å². The SMILES string of the molecule is NN1CCCC2(CBC2)CC1. The zero-order valence-electron chi connectivity index (χ0n) is 7.18. The monoisotopic (exact) mass is 152 g/mol. The molecular formula is C8H17BN2. The largest absolute Gasteiger partial charge is 0.269 e. The van der Waals surface area contributed by atoms with Gasteiger partial charge in [-0.2, -0.15) is 0 Å². The molecule has 3 heteroatoms. The Balaban J connectivity index is 1.92. The van der Waals surface area contributed by atoms with Crippen molar-refractivity contribution in [2.75, 3.05) is 13.1 Å². The molecule has 2 aliphatic heterocycles. The minimum Gasteiger partial charge on any atom is -0.269 e. The summed E-state index contributed by atoms with van der Waals surface area (Å²) in [5, 5.41) is 1.99. The molecule has 0 aromatic rings. The summed E-state index contributed by atoms with van der Waals surface area (Å²) in [5.41, 5.74) is 0.744. The Morgan fingerprint density at radius 2 is 2.00 bits per heavy atom. The zero-order chi connectivity index (χ0) is 7.73. The highest BCUT2D eigenvalue weighted by Gasteiger charge is 2.37. The lowest BCUT2D eigenvalue weighted by atomic mass is 9.41. The average molecular weight is 152 g/mol. The minimum absolute atomic E-state index is 0.744. The first-order chi connectivity index (χ1) is 5.31. The van der Waals surface area contributed by atoms with E-state index < -0.39 is 0 Å². The van der Waals surface area contributed by atoms with Crippen molar-refractivity contribution in [3.05, 3.63) is 0 Å². The van der Waals surface area contributed by atoms with Gasteiger partial charge in [-0.05, 0) is 24.7 Å². The van der Waals surface area contributed by atoms with Crippen molar-refractivity contribution >= 4 is 7.28 Å². The summed E-state index contributed by atoms with van der Waals surface area (Å²) >= 11 is 0. The molecule has 2 rings (SSSR count). The highest BCUT2D eigenvalue weighted by atomic mass is 15.4. The number of hydrogen-bond donors (Lipinski definition) is 1. The molecule has 62 valence electrons. The van der Waals surface area contributed by atoms with E-state index in [1.165, 1.54) is 39.2 Å². The van der Waals surface area contributed by atoms with E-state index >= 15 is 0 Å². The van der Waals surface area contributed by atoms with E-state index in [2.05, 4.69) is 0 Å². The molecule has 0 aromatic heterocycles. The summed E-state index contributed by atoms with van der Waals surface area (Å²) in [6.07, 6.45) is 7.04. The van der Waals surface area contributed by atoms with Crippen LogP contribution in [-0.4, -0.2) is 25.4 Å². The van der Waals surface area contributed by atoms with Crippen LogP contribution in [0.2, 0.25) is 12.6 Å². The summed E-state index contributed by atoms with van der Waals surface area (Å²) in [5.74, 6) is 5.77. The maximum absolute atomic E-state index is 5.77. The fourth-order valence-electron chi connectivity index (χ4n) is 2.45. The van der Waals surface area contributed by atoms with Crippen molar-refractivity contribution in [3.63, 3.8) is 0 Å². The van der Waals surface area contributed by atoms with Crippen LogP contribution in [0.1, 0.15) is 19.3 Å². The Morgan fingerprint density at radius 1 is 1.18 bits per heavy atom. The van der Waals surface area contributed by atoms with Crippen molar-refractivity contribution < 1.29 is 0 Å². The van der Waals surface area contributed by atoms with Crippen molar-refractivity contribution in [1.29, 1.82) is 0 Å². The Hall–Kier alpha value is -0.0151. The topological polar surface area (TPSA) is 29.3 Å². The van der Waals surface area contributed by atoms with Crippen molar-refractivity contribution in [2.24, 2.45) is 11.3 Å². The first kappa shape index (κ1) is 7.62. The normalized spacial score (nSPS) is 30.6. The van der Waals surface area contributed by atoms with Gasteiger partial charge in [-0.3, -0.25) is 5.84 Å². The quantitative estimate of drug-likeness (QED) is 0.407. The molecule has 2 N–H and O–H groups in total. The molecule has 0 amide bonds. The van der Waals surface area contributed by atoms with Crippen molar-refractivity contribution in [1.82, 2.24) is 5.01 Å². The molecule has 11 heavy (non-hydrogen) atoms. The predicted octanol–water partition coefficient (Wildman–Crippen LogP) is 0.619. The van der Waals surface area contributed by atoms with Crippen LogP contribution < -0.4 is 5.84 Å². The lowest BCUT2D eigenvalue weighted by Gasteiger charge is -2.40. The highest BCUT2D eigenvalue weighted by Crippen LogP contribution is 2.45. The third kappa shape index (κ3) is 1.45. The average Bonchev–Trinajstić information content (AvgIpc) is 2.09. The first-order valence-electron chi connectivity index (χ1n) is 4.80. The molecule has 2 fully saturated rings. The number of rotatable bonds is 0. The Bertz CT molecular complexity index is 145. The van der Waals surface area contributed by atoms with Crippen LogP contribution in [0, 0.1) is 5.41 Å². The summed E-state index contributed by atoms with van der Waals surface area (Å²) < 4.78 is 0. The standard InChI is InChI=1S/C8H17BN2/c10-11-4-1-2-8(3-5-11)6-9-7-8/h9H,1-7,10H2. The molecule has 2 saturated heterocycles. The van der Waals surface area contributed by atoms with Gasteiger partial charge in [0.25, 0.3) is 0 Å². The van der Waals surface area contributed by atoms with E-state index in [0.717, 1.165) is 18.5 Å². The van der Waals surface area contributed by atoms with E-state index in [4.69, 9.17) is 5.84 Å². The van der Waals surface area contributed by atoms with E-state index in [0.29, 0.717) is 0 Å². The van der Waals surface area contributed by atoms with Crippen LogP contribution >= 0.6 is 0 Å². The number of hydrazine groups is 1. The molecule has 0 saturated carbocycles. The van der Waals surface area contributed by atoms with Gasteiger partial charge in [0.15, 0.2) is 0 Å². The van der Waals surface area contributed by atoms with Crippen LogP contribution in [0.3, 0.4) is 0 Å². The van der Waals surface area contributed by atoms with Gasteiger partial charge < -0.3 is 0 Å². The Morgan fingerprint density at radius 3 is 2.64 bits per heavy atom. The van der Waals surface area contributed by atoms with Crippen molar-refractivity contribution in [2.45, 2.75) is 31.9 Å². The van der Waals surface area contributed by atoms with Gasteiger partial charge in [0.2, 0.25) is 0 Å². The molecule has 2 nitrogen and oxygen atoms in total. The van der Waals surface area contributed by atoms with Crippen LogP contribution in [0.25, 0.3) is 0 Å². The molecule has 0 atom stereocenters. The van der Waals surface area contributed by atoms with Crippen LogP contribution in [-0.2, 0) is 0 Å². The van der Waals surface area contributed by atoms with Gasteiger partial charge in [-0.25, -0.2) is 5.01 Å². The van der Waals surface area contributed by atoms with E-state index in [1.54, 1.807) is 0 Å². The summed E-state index contributed by atoms with van der Waals surface area (Å²) in [6.45, 7) is 2.24. The fourth-order valence-corrected chi connectivity index (χ4v) is 2.45. The number of hydrogen-bond acceptors (Lipinski definition) is 2. The maximum Gasteiger partial charge on any atom is 0.121 e. The molecule has 1 spiro atoms. The molecule has 2 heterocycles. The summed E-state index contributed by atoms with van der Waals surface area (Å²) in [4.78, 5) is 0. The van der Waals surface area contributed by atoms with Gasteiger partial charge >= 0.3 is 0 Å². The van der Waals surface area contributed by atoms with Crippen molar-refractivity contribution in [3.8, 4) is 0 Å². The van der Waals surface area contributed by atoms with Crippen LogP contribution in [0.15, 0.2) is 0 Å². The second kappa shape index (κ2) is 2.79. The molecule has 2 aliphatic rings. The molecule has 0 radical (unpaired) electrons. The predicted molar refractivity (Wildman–Crippen MR) is 48.8 cm³/mol. The molecular weight excluding hydrogens is 135 g/mol.